The number of hydrogen-bond donors (Lipinski definition) is 0. The van der Waals surface area contributed by atoms with Crippen molar-refractivity contribution in [3.05, 3.63) is 97.3 Å². The number of nitrogens with zero attached hydrogens (tertiary/aromatic N) is 2. The van der Waals surface area contributed by atoms with Crippen LogP contribution in [-0.4, -0.2) is 10.9 Å². The Hall–Kier alpha value is -3.40. The van der Waals surface area contributed by atoms with E-state index >= 15 is 0 Å². The maximum atomic E-state index is 12.5. The molecule has 1 heterocycles. The average molecular weight is 344 g/mol. The zero-order valence-corrected chi connectivity index (χ0v) is 14.6. The quantitative estimate of drug-likeness (QED) is 0.581. The molecule has 130 valence electrons. The van der Waals surface area contributed by atoms with Gasteiger partial charge in [0, 0.05) is 11.9 Å². The first-order chi connectivity index (χ1) is 12.7. The van der Waals surface area contributed by atoms with Crippen LogP contribution in [0.5, 0.6) is 11.5 Å². The third-order valence-electron chi connectivity index (χ3n) is 4.04. The third kappa shape index (κ3) is 3.98. The molecular formula is C22H20N2O2. The number of benzene rings is 2. The van der Waals surface area contributed by atoms with E-state index in [1.54, 1.807) is 17.3 Å². The van der Waals surface area contributed by atoms with Crippen molar-refractivity contribution >= 4 is 11.6 Å². The van der Waals surface area contributed by atoms with Crippen LogP contribution in [0.25, 0.3) is 0 Å². The topological polar surface area (TPSA) is 42.4 Å². The maximum Gasteiger partial charge on any atom is 0.250 e. The molecule has 4 nitrogen and oxygen atoms in total. The van der Waals surface area contributed by atoms with Gasteiger partial charge in [-0.2, -0.15) is 0 Å². The number of rotatable bonds is 6. The second-order valence-electron chi connectivity index (χ2n) is 5.79. The van der Waals surface area contributed by atoms with Crippen LogP contribution in [0, 0.1) is 0 Å². The van der Waals surface area contributed by atoms with Gasteiger partial charge in [0.15, 0.2) is 0 Å². The fourth-order valence-corrected chi connectivity index (χ4v) is 2.76. The normalized spacial score (nSPS) is 11.4. The largest absolute Gasteiger partial charge is 0.456 e. The van der Waals surface area contributed by atoms with Gasteiger partial charge in [0.25, 0.3) is 5.91 Å². The van der Waals surface area contributed by atoms with Crippen molar-refractivity contribution in [3.63, 3.8) is 0 Å². The van der Waals surface area contributed by atoms with Gasteiger partial charge >= 0.3 is 0 Å². The van der Waals surface area contributed by atoms with Crippen molar-refractivity contribution < 1.29 is 9.53 Å². The summed E-state index contributed by atoms with van der Waals surface area (Å²) in [5.41, 5.74) is 1.79. The molecule has 3 aromatic rings. The molecule has 2 aromatic carbocycles. The molecule has 0 aliphatic rings. The Balaban J connectivity index is 1.90. The predicted molar refractivity (Wildman–Crippen MR) is 103 cm³/mol. The molecule has 0 unspecified atom stereocenters. The van der Waals surface area contributed by atoms with Crippen molar-refractivity contribution in [2.24, 2.45) is 0 Å². The molecule has 4 heteroatoms. The fraction of sp³-hybridized carbons (Fsp3) is 0.0909. The monoisotopic (exact) mass is 344 g/mol. The molecule has 1 atom stereocenters. The lowest BCUT2D eigenvalue weighted by atomic mass is 10.1. The van der Waals surface area contributed by atoms with E-state index in [1.807, 2.05) is 73.7 Å². The number of amides is 1. The molecule has 0 aliphatic carbocycles. The van der Waals surface area contributed by atoms with Gasteiger partial charge in [0.05, 0.1) is 12.2 Å². The molecule has 3 rings (SSSR count). The lowest BCUT2D eigenvalue weighted by molar-refractivity contribution is -0.114. The van der Waals surface area contributed by atoms with E-state index in [0.717, 1.165) is 11.3 Å². The first kappa shape index (κ1) is 17.4. The van der Waals surface area contributed by atoms with Crippen LogP contribution in [0.15, 0.2) is 91.8 Å². The molecule has 1 amide bonds. The zero-order valence-electron chi connectivity index (χ0n) is 14.6. The molecule has 0 saturated carbocycles. The Labute approximate surface area is 153 Å². The summed E-state index contributed by atoms with van der Waals surface area (Å²) >= 11 is 0. The highest BCUT2D eigenvalue weighted by Crippen LogP contribution is 2.30. The summed E-state index contributed by atoms with van der Waals surface area (Å²) in [6, 6.07) is 20.8. The molecule has 0 radical (unpaired) electrons. The average Bonchev–Trinajstić information content (AvgIpc) is 2.70. The van der Waals surface area contributed by atoms with E-state index in [2.05, 4.69) is 11.6 Å². The van der Waals surface area contributed by atoms with Gasteiger partial charge in [-0.25, -0.2) is 0 Å². The number of carbonyl (C=O) groups excluding carboxylic acids is 1. The second-order valence-corrected chi connectivity index (χ2v) is 5.79. The Morgan fingerprint density at radius 3 is 2.54 bits per heavy atom. The summed E-state index contributed by atoms with van der Waals surface area (Å²) in [7, 11) is 0. The summed E-state index contributed by atoms with van der Waals surface area (Å²) in [5.74, 6) is 1.21. The van der Waals surface area contributed by atoms with Gasteiger partial charge in [0.1, 0.15) is 11.5 Å². The highest BCUT2D eigenvalue weighted by molar-refractivity contribution is 6.01. The van der Waals surface area contributed by atoms with Crippen LogP contribution in [0.4, 0.5) is 5.69 Å². The van der Waals surface area contributed by atoms with Crippen molar-refractivity contribution in [2.45, 2.75) is 13.0 Å². The molecule has 0 spiro atoms. The summed E-state index contributed by atoms with van der Waals surface area (Å²) in [4.78, 5) is 18.2. The van der Waals surface area contributed by atoms with Gasteiger partial charge in [-0.05, 0) is 55.0 Å². The van der Waals surface area contributed by atoms with E-state index < -0.39 is 0 Å². The number of anilines is 1. The fourth-order valence-electron chi connectivity index (χ4n) is 2.76. The SMILES string of the molecule is C=CC(=O)N(c1ccccc1)[C@@H](C)c1cccc(Oc2cccnc2)c1. The number of pyridine rings is 1. The molecule has 26 heavy (non-hydrogen) atoms. The third-order valence-corrected chi connectivity index (χ3v) is 4.04. The second kappa shape index (κ2) is 8.12. The number of para-hydroxylation sites is 1. The Morgan fingerprint density at radius 1 is 1.08 bits per heavy atom. The number of aromatic nitrogens is 1. The summed E-state index contributed by atoms with van der Waals surface area (Å²) in [6.45, 7) is 5.62. The number of hydrogen-bond acceptors (Lipinski definition) is 3. The van der Waals surface area contributed by atoms with E-state index in [9.17, 15) is 4.79 Å². The summed E-state index contributed by atoms with van der Waals surface area (Å²) < 4.78 is 5.86. The van der Waals surface area contributed by atoms with E-state index in [0.29, 0.717) is 11.5 Å². The Morgan fingerprint density at radius 2 is 1.85 bits per heavy atom. The van der Waals surface area contributed by atoms with Gasteiger partial charge in [-0.1, -0.05) is 36.9 Å². The highest BCUT2D eigenvalue weighted by Gasteiger charge is 2.21. The van der Waals surface area contributed by atoms with Crippen LogP contribution in [0.1, 0.15) is 18.5 Å². The number of carbonyl (C=O) groups is 1. The predicted octanol–water partition coefficient (Wildman–Crippen LogP) is 5.15. The van der Waals surface area contributed by atoms with Crippen LogP contribution >= 0.6 is 0 Å². The zero-order chi connectivity index (χ0) is 18.4. The van der Waals surface area contributed by atoms with Crippen LogP contribution < -0.4 is 9.64 Å². The smallest absolute Gasteiger partial charge is 0.250 e. The molecular weight excluding hydrogens is 324 g/mol. The van der Waals surface area contributed by atoms with Crippen molar-refractivity contribution in [2.75, 3.05) is 4.90 Å². The maximum absolute atomic E-state index is 12.5. The summed E-state index contributed by atoms with van der Waals surface area (Å²) in [6.07, 6.45) is 4.69. The van der Waals surface area contributed by atoms with Crippen LogP contribution in [0.2, 0.25) is 0 Å². The van der Waals surface area contributed by atoms with E-state index in [4.69, 9.17) is 4.74 Å². The van der Waals surface area contributed by atoms with Crippen molar-refractivity contribution in [3.8, 4) is 11.5 Å². The molecule has 1 aromatic heterocycles. The summed E-state index contributed by atoms with van der Waals surface area (Å²) in [5, 5.41) is 0. The molecule has 0 aliphatic heterocycles. The molecule has 0 saturated heterocycles. The van der Waals surface area contributed by atoms with E-state index in [1.165, 1.54) is 6.08 Å². The highest BCUT2D eigenvalue weighted by atomic mass is 16.5. The molecule has 0 fully saturated rings. The minimum Gasteiger partial charge on any atom is -0.456 e. The lowest BCUT2D eigenvalue weighted by Gasteiger charge is -2.29. The van der Waals surface area contributed by atoms with Gasteiger partial charge in [0.2, 0.25) is 0 Å². The van der Waals surface area contributed by atoms with E-state index in [-0.39, 0.29) is 11.9 Å². The van der Waals surface area contributed by atoms with Gasteiger partial charge in [-0.15, -0.1) is 0 Å². The number of ether oxygens (including phenoxy) is 1. The standard InChI is InChI=1S/C22H20N2O2/c1-3-22(25)24(19-10-5-4-6-11-19)17(2)18-9-7-12-20(15-18)26-21-13-8-14-23-16-21/h3-17H,1H2,2H3/t17-/m0/s1. The van der Waals surface area contributed by atoms with Gasteiger partial charge < -0.3 is 9.64 Å². The van der Waals surface area contributed by atoms with Crippen molar-refractivity contribution in [1.82, 2.24) is 4.98 Å². The van der Waals surface area contributed by atoms with Crippen LogP contribution in [-0.2, 0) is 4.79 Å². The Kier molecular flexibility index (Phi) is 5.44. The van der Waals surface area contributed by atoms with Crippen LogP contribution in [0.3, 0.4) is 0 Å². The van der Waals surface area contributed by atoms with Gasteiger partial charge in [-0.3, -0.25) is 9.78 Å². The lowest BCUT2D eigenvalue weighted by Crippen LogP contribution is -2.32. The van der Waals surface area contributed by atoms with Crippen molar-refractivity contribution in [1.29, 1.82) is 0 Å². The Bertz CT molecular complexity index is 879. The first-order valence-electron chi connectivity index (χ1n) is 8.37. The molecule has 0 N–H and O–H groups in total. The minimum absolute atomic E-state index is 0.151. The minimum atomic E-state index is -0.180. The molecule has 0 bridgehead atoms. The first-order valence-corrected chi connectivity index (χ1v) is 8.37.